The van der Waals surface area contributed by atoms with Crippen molar-refractivity contribution in [1.29, 1.82) is 0 Å². The lowest BCUT2D eigenvalue weighted by Gasteiger charge is -2.33. The van der Waals surface area contributed by atoms with Crippen molar-refractivity contribution in [1.82, 2.24) is 0 Å². The first-order valence-corrected chi connectivity index (χ1v) is 6.68. The van der Waals surface area contributed by atoms with Crippen LogP contribution in [0.3, 0.4) is 0 Å². The molecule has 0 saturated heterocycles. The maximum absolute atomic E-state index is 5.84. The standard InChI is InChI=1S/C16H28N2/c1-11-8-12(2)14(4)15(13(11)3)18(7)10-16(5,6)9-17/h8H,9-10,17H2,1-7H3. The van der Waals surface area contributed by atoms with E-state index in [1.165, 1.54) is 27.9 Å². The first-order chi connectivity index (χ1) is 8.19. The van der Waals surface area contributed by atoms with Crippen LogP contribution in [0.4, 0.5) is 5.69 Å². The van der Waals surface area contributed by atoms with E-state index in [2.05, 4.69) is 59.6 Å². The zero-order valence-corrected chi connectivity index (χ0v) is 13.0. The van der Waals surface area contributed by atoms with E-state index in [4.69, 9.17) is 5.73 Å². The van der Waals surface area contributed by atoms with Crippen molar-refractivity contribution in [3.05, 3.63) is 28.3 Å². The summed E-state index contributed by atoms with van der Waals surface area (Å²) in [6, 6.07) is 2.27. The lowest BCUT2D eigenvalue weighted by atomic mass is 9.91. The van der Waals surface area contributed by atoms with E-state index in [-0.39, 0.29) is 5.41 Å². The van der Waals surface area contributed by atoms with Gasteiger partial charge in [-0.25, -0.2) is 0 Å². The van der Waals surface area contributed by atoms with Gasteiger partial charge in [0, 0.05) is 19.3 Å². The van der Waals surface area contributed by atoms with E-state index in [0.717, 1.165) is 6.54 Å². The highest BCUT2D eigenvalue weighted by molar-refractivity contribution is 5.63. The summed E-state index contributed by atoms with van der Waals surface area (Å²) in [5, 5.41) is 0. The second kappa shape index (κ2) is 5.31. The molecule has 102 valence electrons. The Hall–Kier alpha value is -1.02. The number of rotatable bonds is 4. The summed E-state index contributed by atoms with van der Waals surface area (Å²) in [5.74, 6) is 0. The molecule has 2 heteroatoms. The summed E-state index contributed by atoms with van der Waals surface area (Å²) in [4.78, 5) is 2.36. The molecule has 18 heavy (non-hydrogen) atoms. The van der Waals surface area contributed by atoms with E-state index in [0.29, 0.717) is 6.54 Å². The molecule has 0 aliphatic carbocycles. The van der Waals surface area contributed by atoms with Crippen molar-refractivity contribution < 1.29 is 0 Å². The van der Waals surface area contributed by atoms with Crippen molar-refractivity contribution in [2.24, 2.45) is 11.1 Å². The Balaban J connectivity index is 3.17. The number of benzene rings is 1. The molecule has 0 saturated carbocycles. The monoisotopic (exact) mass is 248 g/mol. The van der Waals surface area contributed by atoms with Gasteiger partial charge in [0.05, 0.1) is 0 Å². The smallest absolute Gasteiger partial charge is 0.0428 e. The Morgan fingerprint density at radius 1 is 1.06 bits per heavy atom. The zero-order chi connectivity index (χ0) is 14.1. The van der Waals surface area contributed by atoms with Crippen LogP contribution in [0, 0.1) is 33.1 Å². The minimum atomic E-state index is 0.144. The Bertz CT molecular complexity index is 407. The fourth-order valence-corrected chi connectivity index (χ4v) is 2.55. The van der Waals surface area contributed by atoms with E-state index in [1.807, 2.05) is 0 Å². The van der Waals surface area contributed by atoms with Gasteiger partial charge in [-0.3, -0.25) is 0 Å². The maximum atomic E-state index is 5.84. The summed E-state index contributed by atoms with van der Waals surface area (Å²) < 4.78 is 0. The molecule has 1 aromatic rings. The zero-order valence-electron chi connectivity index (χ0n) is 13.0. The van der Waals surface area contributed by atoms with Gasteiger partial charge in [-0.15, -0.1) is 0 Å². The highest BCUT2D eigenvalue weighted by Gasteiger charge is 2.21. The Morgan fingerprint density at radius 3 is 1.89 bits per heavy atom. The van der Waals surface area contributed by atoms with Crippen LogP contribution in [-0.2, 0) is 0 Å². The van der Waals surface area contributed by atoms with Crippen LogP contribution in [0.2, 0.25) is 0 Å². The van der Waals surface area contributed by atoms with Crippen molar-refractivity contribution in [3.8, 4) is 0 Å². The molecule has 0 radical (unpaired) electrons. The fourth-order valence-electron chi connectivity index (χ4n) is 2.55. The third kappa shape index (κ3) is 3.05. The SMILES string of the molecule is Cc1cc(C)c(C)c(N(C)CC(C)(C)CN)c1C. The molecule has 0 spiro atoms. The molecule has 0 aromatic heterocycles. The van der Waals surface area contributed by atoms with Gasteiger partial charge >= 0.3 is 0 Å². The first-order valence-electron chi connectivity index (χ1n) is 6.68. The van der Waals surface area contributed by atoms with Crippen LogP contribution in [0.5, 0.6) is 0 Å². The molecule has 1 aromatic carbocycles. The highest BCUT2D eigenvalue weighted by Crippen LogP contribution is 2.31. The van der Waals surface area contributed by atoms with E-state index in [1.54, 1.807) is 0 Å². The molecule has 0 atom stereocenters. The molecule has 2 N–H and O–H groups in total. The lowest BCUT2D eigenvalue weighted by Crippen LogP contribution is -2.37. The number of nitrogens with zero attached hydrogens (tertiary/aromatic N) is 1. The first kappa shape index (κ1) is 15.0. The quantitative estimate of drug-likeness (QED) is 0.885. The van der Waals surface area contributed by atoms with Gasteiger partial charge < -0.3 is 10.6 Å². The van der Waals surface area contributed by atoms with Gasteiger partial charge in [0.25, 0.3) is 0 Å². The Kier molecular flexibility index (Phi) is 4.44. The van der Waals surface area contributed by atoms with Gasteiger partial charge in [0.1, 0.15) is 0 Å². The molecular weight excluding hydrogens is 220 g/mol. The summed E-state index contributed by atoms with van der Waals surface area (Å²) in [6.07, 6.45) is 0. The summed E-state index contributed by atoms with van der Waals surface area (Å²) in [7, 11) is 2.17. The average molecular weight is 248 g/mol. The third-order valence-corrected chi connectivity index (χ3v) is 3.93. The topological polar surface area (TPSA) is 29.3 Å². The molecule has 0 bridgehead atoms. The number of aryl methyl sites for hydroxylation is 2. The van der Waals surface area contributed by atoms with Crippen molar-refractivity contribution in [2.45, 2.75) is 41.5 Å². The predicted octanol–water partition coefficient (Wildman–Crippen LogP) is 3.34. The van der Waals surface area contributed by atoms with E-state index in [9.17, 15) is 0 Å². The van der Waals surface area contributed by atoms with Crippen LogP contribution in [0.25, 0.3) is 0 Å². The number of anilines is 1. The van der Waals surface area contributed by atoms with E-state index < -0.39 is 0 Å². The van der Waals surface area contributed by atoms with Crippen molar-refractivity contribution >= 4 is 5.69 Å². The Morgan fingerprint density at radius 2 is 1.50 bits per heavy atom. The third-order valence-electron chi connectivity index (χ3n) is 3.93. The molecule has 0 fully saturated rings. The lowest BCUT2D eigenvalue weighted by molar-refractivity contribution is 0.385. The average Bonchev–Trinajstić information content (AvgIpc) is 2.26. The van der Waals surface area contributed by atoms with Crippen molar-refractivity contribution in [3.63, 3.8) is 0 Å². The van der Waals surface area contributed by atoms with Crippen LogP contribution in [0.15, 0.2) is 6.07 Å². The number of hydrogen-bond acceptors (Lipinski definition) is 2. The summed E-state index contributed by atoms with van der Waals surface area (Å²) in [5.41, 5.74) is 12.9. The highest BCUT2D eigenvalue weighted by atomic mass is 15.1. The van der Waals surface area contributed by atoms with Crippen LogP contribution < -0.4 is 10.6 Å². The number of nitrogens with two attached hydrogens (primary N) is 1. The Labute approximate surface area is 112 Å². The molecule has 1 rings (SSSR count). The number of hydrogen-bond donors (Lipinski definition) is 1. The van der Waals surface area contributed by atoms with E-state index >= 15 is 0 Å². The summed E-state index contributed by atoms with van der Waals surface area (Å²) >= 11 is 0. The molecule has 2 nitrogen and oxygen atoms in total. The van der Waals surface area contributed by atoms with Crippen LogP contribution in [0.1, 0.15) is 36.1 Å². The second-order valence-corrected chi connectivity index (χ2v) is 6.33. The largest absolute Gasteiger partial charge is 0.374 e. The van der Waals surface area contributed by atoms with Gasteiger partial charge in [-0.05, 0) is 61.9 Å². The molecule has 0 amide bonds. The van der Waals surface area contributed by atoms with Gasteiger partial charge in [0.2, 0.25) is 0 Å². The minimum absolute atomic E-state index is 0.144. The molecular formula is C16H28N2. The predicted molar refractivity (Wildman–Crippen MR) is 81.5 cm³/mol. The molecule has 0 aliphatic heterocycles. The van der Waals surface area contributed by atoms with Crippen LogP contribution in [-0.4, -0.2) is 20.1 Å². The van der Waals surface area contributed by atoms with Crippen LogP contribution >= 0.6 is 0 Å². The van der Waals surface area contributed by atoms with Crippen molar-refractivity contribution in [2.75, 3.05) is 25.0 Å². The second-order valence-electron chi connectivity index (χ2n) is 6.33. The molecule has 0 heterocycles. The molecule has 0 unspecified atom stereocenters. The van der Waals surface area contributed by atoms with Gasteiger partial charge in [-0.2, -0.15) is 0 Å². The minimum Gasteiger partial charge on any atom is -0.374 e. The normalized spacial score (nSPS) is 11.8. The fraction of sp³-hybridized carbons (Fsp3) is 0.625. The summed E-state index contributed by atoms with van der Waals surface area (Å²) in [6.45, 7) is 14.9. The van der Waals surface area contributed by atoms with Gasteiger partial charge in [0.15, 0.2) is 0 Å². The molecule has 0 aliphatic rings. The van der Waals surface area contributed by atoms with Gasteiger partial charge in [-0.1, -0.05) is 19.9 Å². The maximum Gasteiger partial charge on any atom is 0.0428 e.